The molecule has 0 radical (unpaired) electrons. The number of para-hydroxylation sites is 2. The van der Waals surface area contributed by atoms with Gasteiger partial charge < -0.3 is 19.0 Å². The predicted molar refractivity (Wildman–Crippen MR) is 113 cm³/mol. The van der Waals surface area contributed by atoms with E-state index in [1.54, 1.807) is 0 Å². The second-order valence-electron chi connectivity index (χ2n) is 7.42. The van der Waals surface area contributed by atoms with Crippen molar-refractivity contribution < 1.29 is 9.84 Å². The van der Waals surface area contributed by atoms with E-state index in [-0.39, 0.29) is 6.61 Å². The average molecular weight is 382 g/mol. The molecule has 0 bridgehead atoms. The van der Waals surface area contributed by atoms with Crippen molar-refractivity contribution in [3.63, 3.8) is 0 Å². The standard InChI is InChI=1S/C23H31N3O2/c1-3-4-5-8-14-25-21-12-6-7-13-22(21)26(23(25)24)16-19(27)17-28-20-11-9-10-18(2)15-20/h6-7,9-13,15,19,24,27H,3-5,8,14,16-17H2,1-2H3/t19-/m1/s1. The van der Waals surface area contributed by atoms with E-state index in [2.05, 4.69) is 17.6 Å². The molecule has 0 aliphatic rings. The molecule has 0 amide bonds. The summed E-state index contributed by atoms with van der Waals surface area (Å²) in [5, 5.41) is 19.2. The summed E-state index contributed by atoms with van der Waals surface area (Å²) in [5.74, 6) is 0.758. The van der Waals surface area contributed by atoms with Gasteiger partial charge in [-0.2, -0.15) is 0 Å². The molecular formula is C23H31N3O2. The first kappa shape index (κ1) is 20.2. The number of nitrogens with one attached hydrogen (secondary N) is 1. The molecule has 5 heteroatoms. The fraction of sp³-hybridized carbons (Fsp3) is 0.435. The van der Waals surface area contributed by atoms with Gasteiger partial charge in [-0.3, -0.25) is 5.41 Å². The van der Waals surface area contributed by atoms with Gasteiger partial charge >= 0.3 is 0 Å². The van der Waals surface area contributed by atoms with Crippen molar-refractivity contribution in [3.05, 3.63) is 59.7 Å². The van der Waals surface area contributed by atoms with Crippen molar-refractivity contribution in [1.29, 1.82) is 5.41 Å². The molecule has 0 saturated heterocycles. The molecular weight excluding hydrogens is 350 g/mol. The van der Waals surface area contributed by atoms with Gasteiger partial charge in [0.15, 0.2) is 0 Å². The summed E-state index contributed by atoms with van der Waals surface area (Å²) in [7, 11) is 0. The first-order valence-corrected chi connectivity index (χ1v) is 10.2. The van der Waals surface area contributed by atoms with Crippen LogP contribution >= 0.6 is 0 Å². The summed E-state index contributed by atoms with van der Waals surface area (Å²) < 4.78 is 9.68. The van der Waals surface area contributed by atoms with E-state index < -0.39 is 6.10 Å². The van der Waals surface area contributed by atoms with Gasteiger partial charge in [0.25, 0.3) is 0 Å². The third kappa shape index (κ3) is 4.84. The lowest BCUT2D eigenvalue weighted by Crippen LogP contribution is -2.31. The number of aromatic nitrogens is 2. The van der Waals surface area contributed by atoms with Crippen molar-refractivity contribution in [1.82, 2.24) is 9.13 Å². The highest BCUT2D eigenvalue weighted by Gasteiger charge is 2.14. The van der Waals surface area contributed by atoms with Gasteiger partial charge in [-0.1, -0.05) is 50.5 Å². The molecule has 1 aromatic heterocycles. The van der Waals surface area contributed by atoms with Crippen LogP contribution in [-0.4, -0.2) is 27.0 Å². The number of hydrogen-bond donors (Lipinski definition) is 2. The lowest BCUT2D eigenvalue weighted by molar-refractivity contribution is 0.0920. The van der Waals surface area contributed by atoms with Crippen molar-refractivity contribution >= 4 is 11.0 Å². The molecule has 1 atom stereocenters. The van der Waals surface area contributed by atoms with Crippen LogP contribution in [0.3, 0.4) is 0 Å². The molecule has 0 aliphatic carbocycles. The summed E-state index contributed by atoms with van der Waals surface area (Å²) in [5.41, 5.74) is 3.60. The van der Waals surface area contributed by atoms with Crippen LogP contribution in [0.1, 0.15) is 38.2 Å². The third-order valence-electron chi connectivity index (χ3n) is 5.04. The van der Waals surface area contributed by atoms with E-state index in [1.807, 2.05) is 54.0 Å². The zero-order valence-corrected chi connectivity index (χ0v) is 16.9. The number of ether oxygens (including phenoxy) is 1. The number of unbranched alkanes of at least 4 members (excludes halogenated alkanes) is 3. The van der Waals surface area contributed by atoms with Gasteiger partial charge in [-0.05, 0) is 43.2 Å². The molecule has 0 aliphatic heterocycles. The average Bonchev–Trinajstić information content (AvgIpc) is 2.95. The van der Waals surface area contributed by atoms with Gasteiger partial charge in [0.05, 0.1) is 17.6 Å². The Hall–Kier alpha value is -2.53. The van der Waals surface area contributed by atoms with Gasteiger partial charge in [-0.25, -0.2) is 0 Å². The molecule has 0 unspecified atom stereocenters. The van der Waals surface area contributed by atoms with Gasteiger partial charge in [0.1, 0.15) is 18.5 Å². The van der Waals surface area contributed by atoms with Crippen LogP contribution in [-0.2, 0) is 13.1 Å². The lowest BCUT2D eigenvalue weighted by Gasteiger charge is -2.14. The van der Waals surface area contributed by atoms with Crippen LogP contribution < -0.4 is 10.4 Å². The second kappa shape index (κ2) is 9.60. The first-order valence-electron chi connectivity index (χ1n) is 10.2. The molecule has 2 aromatic carbocycles. The van der Waals surface area contributed by atoms with E-state index >= 15 is 0 Å². The minimum Gasteiger partial charge on any atom is -0.491 e. The van der Waals surface area contributed by atoms with Gasteiger partial charge in [0, 0.05) is 6.54 Å². The number of fused-ring (bicyclic) bond motifs is 1. The Morgan fingerprint density at radius 1 is 1.00 bits per heavy atom. The topological polar surface area (TPSA) is 63.2 Å². The maximum atomic E-state index is 10.5. The Balaban J connectivity index is 1.73. The maximum absolute atomic E-state index is 10.5. The molecule has 0 saturated carbocycles. The van der Waals surface area contributed by atoms with Crippen LogP contribution in [0.5, 0.6) is 5.75 Å². The van der Waals surface area contributed by atoms with E-state index in [0.717, 1.165) is 35.3 Å². The highest BCUT2D eigenvalue weighted by Crippen LogP contribution is 2.16. The van der Waals surface area contributed by atoms with Crippen molar-refractivity contribution in [2.75, 3.05) is 6.61 Å². The predicted octanol–water partition coefficient (Wildman–Crippen LogP) is 4.25. The Kier molecular flexibility index (Phi) is 6.93. The van der Waals surface area contributed by atoms with Crippen LogP contribution in [0.25, 0.3) is 11.0 Å². The lowest BCUT2D eigenvalue weighted by atomic mass is 10.2. The summed E-state index contributed by atoms with van der Waals surface area (Å²) in [4.78, 5) is 0. The van der Waals surface area contributed by atoms with E-state index in [1.165, 1.54) is 19.3 Å². The Bertz CT molecular complexity index is 958. The minimum atomic E-state index is -0.686. The zero-order valence-electron chi connectivity index (χ0n) is 16.9. The number of nitrogens with zero attached hydrogens (tertiary/aromatic N) is 2. The second-order valence-corrected chi connectivity index (χ2v) is 7.42. The molecule has 28 heavy (non-hydrogen) atoms. The highest BCUT2D eigenvalue weighted by atomic mass is 16.5. The molecule has 3 aromatic rings. The molecule has 3 rings (SSSR count). The van der Waals surface area contributed by atoms with E-state index in [0.29, 0.717) is 12.2 Å². The van der Waals surface area contributed by atoms with Crippen molar-refractivity contribution in [3.8, 4) is 5.75 Å². The molecule has 0 spiro atoms. The molecule has 0 fully saturated rings. The quantitative estimate of drug-likeness (QED) is 0.516. The smallest absolute Gasteiger partial charge is 0.203 e. The number of benzene rings is 2. The Morgan fingerprint density at radius 2 is 1.75 bits per heavy atom. The molecule has 1 heterocycles. The summed E-state index contributed by atoms with van der Waals surface area (Å²) in [6.45, 7) is 5.59. The number of rotatable bonds is 10. The van der Waals surface area contributed by atoms with E-state index in [9.17, 15) is 5.11 Å². The van der Waals surface area contributed by atoms with Crippen LogP contribution in [0.4, 0.5) is 0 Å². The largest absolute Gasteiger partial charge is 0.491 e. The summed E-state index contributed by atoms with van der Waals surface area (Å²) >= 11 is 0. The molecule has 150 valence electrons. The SMILES string of the molecule is CCCCCCn1c(=N)n(C[C@@H](O)COc2cccc(C)c2)c2ccccc21. The Labute approximate surface area is 166 Å². The van der Waals surface area contributed by atoms with Crippen LogP contribution in [0.15, 0.2) is 48.5 Å². The van der Waals surface area contributed by atoms with Crippen LogP contribution in [0.2, 0.25) is 0 Å². The number of hydrogen-bond acceptors (Lipinski definition) is 3. The maximum Gasteiger partial charge on any atom is 0.203 e. The zero-order chi connectivity index (χ0) is 19.9. The minimum absolute atomic E-state index is 0.200. The fourth-order valence-electron chi connectivity index (χ4n) is 3.56. The van der Waals surface area contributed by atoms with E-state index in [4.69, 9.17) is 10.1 Å². The highest BCUT2D eigenvalue weighted by molar-refractivity contribution is 5.75. The van der Waals surface area contributed by atoms with Crippen molar-refractivity contribution in [2.24, 2.45) is 0 Å². The van der Waals surface area contributed by atoms with Gasteiger partial charge in [0.2, 0.25) is 5.62 Å². The van der Waals surface area contributed by atoms with Crippen LogP contribution in [0, 0.1) is 12.3 Å². The molecule has 5 nitrogen and oxygen atoms in total. The summed E-state index contributed by atoms with van der Waals surface area (Å²) in [6, 6.07) is 15.9. The fourth-order valence-corrected chi connectivity index (χ4v) is 3.56. The first-order chi connectivity index (χ1) is 13.6. The number of aliphatic hydroxyl groups excluding tert-OH is 1. The number of imidazole rings is 1. The third-order valence-corrected chi connectivity index (χ3v) is 5.04. The monoisotopic (exact) mass is 381 g/mol. The Morgan fingerprint density at radius 3 is 2.46 bits per heavy atom. The number of aliphatic hydroxyl groups is 1. The number of aryl methyl sites for hydroxylation is 2. The van der Waals surface area contributed by atoms with Gasteiger partial charge in [-0.15, -0.1) is 0 Å². The normalized spacial score (nSPS) is 12.4. The summed E-state index contributed by atoms with van der Waals surface area (Å²) in [6.07, 6.45) is 3.98. The van der Waals surface area contributed by atoms with Crippen molar-refractivity contribution in [2.45, 2.75) is 58.7 Å². The molecule has 2 N–H and O–H groups in total.